The molecule has 34 heavy (non-hydrogen) atoms. The van der Waals surface area contributed by atoms with Gasteiger partial charge in [0.2, 0.25) is 0 Å². The maximum absolute atomic E-state index is 13.0. The van der Waals surface area contributed by atoms with Crippen molar-refractivity contribution < 1.29 is 29.8 Å². The van der Waals surface area contributed by atoms with Gasteiger partial charge in [-0.25, -0.2) is 10.0 Å². The topological polar surface area (TPSA) is 120 Å². The minimum Gasteiger partial charge on any atom is -0.595 e. The molecule has 0 spiro atoms. The molecule has 4 aromatic rings. The summed E-state index contributed by atoms with van der Waals surface area (Å²) in [5.74, 6) is -0.368. The molecule has 4 rings (SSSR count). The Kier molecular flexibility index (Phi) is 6.99. The average Bonchev–Trinajstić information content (AvgIpc) is 3.11. The molecule has 178 valence electrons. The Bertz CT molecular complexity index is 1310. The van der Waals surface area contributed by atoms with Crippen molar-refractivity contribution in [3.63, 3.8) is 0 Å². The number of fused-ring (bicyclic) bond motifs is 3. The van der Waals surface area contributed by atoms with E-state index in [1.807, 2.05) is 35.8 Å². The highest BCUT2D eigenvalue weighted by Gasteiger charge is 2.24. The van der Waals surface area contributed by atoms with E-state index in [0.717, 1.165) is 22.3 Å². The van der Waals surface area contributed by atoms with Gasteiger partial charge in [0.25, 0.3) is 0 Å². The molecule has 1 unspecified atom stereocenters. The second-order valence-corrected chi connectivity index (χ2v) is 7.89. The van der Waals surface area contributed by atoms with Crippen LogP contribution in [-0.4, -0.2) is 47.7 Å². The number of nitrogens with one attached hydrogen (secondary N) is 2. The lowest BCUT2D eigenvalue weighted by atomic mass is 10.0. The Morgan fingerprint density at radius 1 is 1.09 bits per heavy atom. The molecule has 0 fully saturated rings. The number of phenols is 1. The van der Waals surface area contributed by atoms with Gasteiger partial charge in [-0.05, 0) is 25.1 Å². The minimum absolute atomic E-state index is 0.0998. The molecule has 1 atom stereocenters. The van der Waals surface area contributed by atoms with Crippen LogP contribution in [0.4, 0.5) is 11.4 Å². The largest absolute Gasteiger partial charge is 0.595 e. The molecule has 0 aliphatic rings. The maximum Gasteiger partial charge on any atom is 0.340 e. The number of carbonyl (C=O) groups excluding carboxylic acids is 1. The Hall–Kier alpha value is -3.63. The number of carbonyl (C=O) groups is 1. The van der Waals surface area contributed by atoms with Crippen LogP contribution in [0.15, 0.2) is 54.6 Å². The number of anilines is 1. The summed E-state index contributed by atoms with van der Waals surface area (Å²) in [7, 11) is 1.54. The van der Waals surface area contributed by atoms with E-state index in [4.69, 9.17) is 14.7 Å². The fraction of sp³-hybridized carbons (Fsp3) is 0.240. The summed E-state index contributed by atoms with van der Waals surface area (Å²) in [4.78, 5) is 13.0. The number of ether oxygens (including phenoxy) is 2. The zero-order chi connectivity index (χ0) is 24.2. The lowest BCUT2D eigenvalue weighted by Crippen LogP contribution is -2.99. The molecule has 0 aliphatic heterocycles. The number of rotatable bonds is 9. The molecule has 0 bridgehead atoms. The van der Waals surface area contributed by atoms with Crippen molar-refractivity contribution >= 4 is 39.0 Å². The molecular formula is C25H27N3O6. The number of aromatic hydroxyl groups is 1. The van der Waals surface area contributed by atoms with Crippen molar-refractivity contribution in [1.29, 1.82) is 0 Å². The summed E-state index contributed by atoms with van der Waals surface area (Å²) in [6.45, 7) is 3.35. The van der Waals surface area contributed by atoms with Gasteiger partial charge in [-0.15, -0.1) is 0 Å². The number of hydrogen-bond acceptors (Lipinski definition) is 7. The number of benzene rings is 3. The summed E-state index contributed by atoms with van der Waals surface area (Å²) in [6.07, 6.45) is 0. The number of quaternary nitrogens is 1. The molecule has 9 heteroatoms. The number of nitrogens with zero attached hydrogens (tertiary/aromatic N) is 1. The lowest BCUT2D eigenvalue weighted by molar-refractivity contribution is -0.991. The minimum atomic E-state index is -0.971. The van der Waals surface area contributed by atoms with E-state index < -0.39 is 11.2 Å². The van der Waals surface area contributed by atoms with E-state index in [9.17, 15) is 15.1 Å². The quantitative estimate of drug-likeness (QED) is 0.170. The third-order valence-corrected chi connectivity index (χ3v) is 5.82. The van der Waals surface area contributed by atoms with Crippen LogP contribution in [0.3, 0.4) is 0 Å². The van der Waals surface area contributed by atoms with E-state index in [-0.39, 0.29) is 18.0 Å². The second-order valence-electron chi connectivity index (χ2n) is 7.89. The molecule has 0 amide bonds. The molecule has 0 radical (unpaired) electrons. The van der Waals surface area contributed by atoms with Crippen LogP contribution in [-0.2, 0) is 16.0 Å². The third kappa shape index (κ3) is 4.55. The van der Waals surface area contributed by atoms with Crippen molar-refractivity contribution in [1.82, 2.24) is 4.57 Å². The first kappa shape index (κ1) is 23.5. The van der Waals surface area contributed by atoms with Gasteiger partial charge in [-0.1, -0.05) is 24.3 Å². The monoisotopic (exact) mass is 465 g/mol. The van der Waals surface area contributed by atoms with Gasteiger partial charge < -0.3 is 29.7 Å². The van der Waals surface area contributed by atoms with Crippen LogP contribution in [0.25, 0.3) is 21.7 Å². The van der Waals surface area contributed by atoms with Gasteiger partial charge >= 0.3 is 5.97 Å². The summed E-state index contributed by atoms with van der Waals surface area (Å²) in [6, 6.07) is 15.7. The van der Waals surface area contributed by atoms with E-state index in [1.54, 1.807) is 30.3 Å². The van der Waals surface area contributed by atoms with Crippen molar-refractivity contribution in [3.8, 4) is 5.75 Å². The van der Waals surface area contributed by atoms with E-state index >= 15 is 0 Å². The van der Waals surface area contributed by atoms with Gasteiger partial charge in [-0.2, -0.15) is 5.23 Å². The Balaban J connectivity index is 1.70. The van der Waals surface area contributed by atoms with E-state index in [1.165, 1.54) is 7.11 Å². The Labute approximate surface area is 196 Å². The zero-order valence-corrected chi connectivity index (χ0v) is 19.0. The molecule has 4 N–H and O–H groups in total. The zero-order valence-electron chi connectivity index (χ0n) is 19.0. The Morgan fingerprint density at radius 2 is 1.79 bits per heavy atom. The molecule has 3 aromatic carbocycles. The third-order valence-electron chi connectivity index (χ3n) is 5.82. The molecule has 1 aromatic heterocycles. The van der Waals surface area contributed by atoms with Crippen molar-refractivity contribution in [2.24, 2.45) is 0 Å². The predicted molar refractivity (Wildman–Crippen MR) is 129 cm³/mol. The predicted octanol–water partition coefficient (Wildman–Crippen LogP) is 3.13. The van der Waals surface area contributed by atoms with Crippen molar-refractivity contribution in [3.05, 3.63) is 71.1 Å². The van der Waals surface area contributed by atoms with Crippen LogP contribution in [0, 0.1) is 12.1 Å². The van der Waals surface area contributed by atoms with Gasteiger partial charge in [0.05, 0.1) is 17.7 Å². The summed E-state index contributed by atoms with van der Waals surface area (Å²) in [5.41, 5.74) is 3.00. The first-order valence-corrected chi connectivity index (χ1v) is 10.9. The number of aromatic nitrogens is 1. The van der Waals surface area contributed by atoms with Crippen LogP contribution in [0.5, 0.6) is 5.75 Å². The SMILES string of the molecule is COCCOC(=O)c1c(C)n(CCNc2ccc([NH+]([O-])O)cc2)c2c1cc(O)c1ccccc12. The maximum atomic E-state index is 13.0. The van der Waals surface area contributed by atoms with Gasteiger partial charge in [-0.3, -0.25) is 0 Å². The Morgan fingerprint density at radius 3 is 2.47 bits per heavy atom. The lowest BCUT2D eigenvalue weighted by Gasteiger charge is -2.14. The smallest absolute Gasteiger partial charge is 0.340 e. The van der Waals surface area contributed by atoms with Crippen LogP contribution in [0.1, 0.15) is 16.1 Å². The van der Waals surface area contributed by atoms with Crippen molar-refractivity contribution in [2.45, 2.75) is 13.5 Å². The number of methoxy groups -OCH3 is 1. The van der Waals surface area contributed by atoms with Crippen LogP contribution in [0.2, 0.25) is 0 Å². The number of phenolic OH excluding ortho intramolecular Hbond substituents is 1. The average molecular weight is 466 g/mol. The highest BCUT2D eigenvalue weighted by atomic mass is 16.8. The molecule has 9 nitrogen and oxygen atoms in total. The highest BCUT2D eigenvalue weighted by molar-refractivity contribution is 6.16. The fourth-order valence-electron chi connectivity index (χ4n) is 4.19. The van der Waals surface area contributed by atoms with E-state index in [0.29, 0.717) is 36.0 Å². The first-order chi connectivity index (χ1) is 16.4. The van der Waals surface area contributed by atoms with Gasteiger partial charge in [0.1, 0.15) is 12.4 Å². The van der Waals surface area contributed by atoms with Crippen LogP contribution < -0.4 is 10.5 Å². The first-order valence-electron chi connectivity index (χ1n) is 10.9. The number of hydrogen-bond donors (Lipinski definition) is 4. The summed E-state index contributed by atoms with van der Waals surface area (Å²) >= 11 is 0. The molecule has 0 saturated carbocycles. The molecule has 0 aliphatic carbocycles. The highest BCUT2D eigenvalue weighted by Crippen LogP contribution is 2.37. The fourth-order valence-corrected chi connectivity index (χ4v) is 4.19. The summed E-state index contributed by atoms with van der Waals surface area (Å²) in [5, 5.41) is 35.3. The van der Waals surface area contributed by atoms with Gasteiger partial charge in [0, 0.05) is 59.9 Å². The van der Waals surface area contributed by atoms with Crippen LogP contribution >= 0.6 is 0 Å². The molecule has 1 heterocycles. The van der Waals surface area contributed by atoms with Gasteiger partial charge in [0.15, 0.2) is 5.69 Å². The van der Waals surface area contributed by atoms with E-state index in [2.05, 4.69) is 5.32 Å². The standard InChI is InChI=1S/C25H27N3O6/c1-16-23(25(30)34-14-13-33-2)21-15-22(29)19-5-3-4-6-20(19)24(21)27(16)12-11-26-17-7-9-18(10-8-17)28(31)32/h3-10,15,26,28-29,31H,11-14H2,1-2H3. The molecule has 0 saturated heterocycles. The molecular weight excluding hydrogens is 438 g/mol. The second kappa shape index (κ2) is 10.1. The number of esters is 1. The normalized spacial score (nSPS) is 12.2. The summed E-state index contributed by atoms with van der Waals surface area (Å²) < 4.78 is 12.4. The van der Waals surface area contributed by atoms with Crippen molar-refractivity contribution in [2.75, 3.05) is 32.2 Å².